The van der Waals surface area contributed by atoms with E-state index in [0.29, 0.717) is 11.7 Å². The van der Waals surface area contributed by atoms with Crippen molar-refractivity contribution in [3.8, 4) is 11.4 Å². The summed E-state index contributed by atoms with van der Waals surface area (Å²) < 4.78 is 22.3. The first-order valence-corrected chi connectivity index (χ1v) is 9.67. The van der Waals surface area contributed by atoms with E-state index in [9.17, 15) is 9.18 Å². The molecule has 3 aromatic heterocycles. The molecule has 1 saturated carbocycles. The van der Waals surface area contributed by atoms with Crippen LogP contribution < -0.4 is 10.3 Å². The molecule has 0 radical (unpaired) electrons. The van der Waals surface area contributed by atoms with Crippen LogP contribution in [0.5, 0.6) is 5.75 Å². The maximum absolute atomic E-state index is 13.0. The second kappa shape index (κ2) is 6.88. The molecule has 5 nitrogen and oxygen atoms in total. The molecule has 0 amide bonds. The molecule has 0 spiro atoms. The van der Waals surface area contributed by atoms with Gasteiger partial charge in [0.1, 0.15) is 23.8 Å². The number of pyridine rings is 2. The van der Waals surface area contributed by atoms with Crippen LogP contribution in [0.1, 0.15) is 35.7 Å². The third-order valence-corrected chi connectivity index (χ3v) is 5.33. The van der Waals surface area contributed by atoms with Crippen LogP contribution in [0.25, 0.3) is 11.3 Å². The van der Waals surface area contributed by atoms with Crippen LogP contribution in [0.2, 0.25) is 0 Å². The molecule has 0 bridgehead atoms. The van der Waals surface area contributed by atoms with Crippen molar-refractivity contribution in [2.75, 3.05) is 0 Å². The first-order valence-electron chi connectivity index (χ1n) is 9.67. The lowest BCUT2D eigenvalue weighted by atomic mass is 10.2. The fraction of sp³-hybridized carbons (Fsp3) is 0.217. The number of fused-ring (bicyclic) bond motifs is 1. The largest absolute Gasteiger partial charge is 0.489 e. The molecule has 0 aliphatic heterocycles. The molecular formula is C23H20FN3O2. The first-order chi connectivity index (χ1) is 14.1. The van der Waals surface area contributed by atoms with Crippen molar-refractivity contribution < 1.29 is 9.13 Å². The Labute approximate surface area is 167 Å². The molecule has 1 aliphatic carbocycles. The highest BCUT2D eigenvalue weighted by Crippen LogP contribution is 2.41. The summed E-state index contributed by atoms with van der Waals surface area (Å²) in [6.07, 6.45) is 6.06. The summed E-state index contributed by atoms with van der Waals surface area (Å²) >= 11 is 0. The molecule has 3 heterocycles. The van der Waals surface area contributed by atoms with Crippen LogP contribution in [0.4, 0.5) is 4.39 Å². The van der Waals surface area contributed by atoms with Gasteiger partial charge in [0.2, 0.25) is 0 Å². The van der Waals surface area contributed by atoms with E-state index >= 15 is 0 Å². The van der Waals surface area contributed by atoms with Crippen molar-refractivity contribution >= 4 is 5.65 Å². The quantitative estimate of drug-likeness (QED) is 0.509. The average molecular weight is 389 g/mol. The molecular weight excluding hydrogens is 369 g/mol. The Morgan fingerprint density at radius 2 is 1.93 bits per heavy atom. The average Bonchev–Trinajstić information content (AvgIpc) is 3.52. The third kappa shape index (κ3) is 3.42. The molecule has 146 valence electrons. The van der Waals surface area contributed by atoms with E-state index in [1.54, 1.807) is 29.0 Å². The number of halogens is 1. The standard InChI is InChI=1S/C23H20FN3O2/c1-15-23(17-4-5-17)25-21-9-8-19(13-27(15)21)26-11-10-20(12-22(26)28)29-14-16-2-6-18(24)7-3-16/h2-3,6-13,17H,4-5,14H2,1H3. The summed E-state index contributed by atoms with van der Waals surface area (Å²) in [6.45, 7) is 2.35. The number of rotatable bonds is 5. The van der Waals surface area contributed by atoms with E-state index in [4.69, 9.17) is 9.72 Å². The molecule has 5 rings (SSSR count). The van der Waals surface area contributed by atoms with Gasteiger partial charge in [-0.1, -0.05) is 12.1 Å². The van der Waals surface area contributed by atoms with Gasteiger partial charge in [-0.2, -0.15) is 0 Å². The van der Waals surface area contributed by atoms with Crippen molar-refractivity contribution in [1.29, 1.82) is 0 Å². The lowest BCUT2D eigenvalue weighted by molar-refractivity contribution is 0.305. The number of benzene rings is 1. The highest BCUT2D eigenvalue weighted by atomic mass is 19.1. The summed E-state index contributed by atoms with van der Waals surface area (Å²) in [4.78, 5) is 17.4. The summed E-state index contributed by atoms with van der Waals surface area (Å²) in [5.41, 5.74) is 4.63. The van der Waals surface area contributed by atoms with E-state index in [2.05, 4.69) is 6.92 Å². The molecule has 1 aromatic carbocycles. The van der Waals surface area contributed by atoms with Gasteiger partial charge in [-0.15, -0.1) is 0 Å². The van der Waals surface area contributed by atoms with E-state index in [1.165, 1.54) is 36.7 Å². The van der Waals surface area contributed by atoms with Crippen LogP contribution in [-0.4, -0.2) is 14.0 Å². The second-order valence-electron chi connectivity index (χ2n) is 7.46. The molecule has 1 aliphatic rings. The molecule has 0 saturated heterocycles. The maximum atomic E-state index is 13.0. The minimum atomic E-state index is -0.286. The van der Waals surface area contributed by atoms with E-state index < -0.39 is 0 Å². The first kappa shape index (κ1) is 17.7. The maximum Gasteiger partial charge on any atom is 0.258 e. The number of ether oxygens (including phenoxy) is 1. The molecule has 0 N–H and O–H groups in total. The molecule has 4 aromatic rings. The van der Waals surface area contributed by atoms with Crippen LogP contribution in [0.3, 0.4) is 0 Å². The molecule has 0 unspecified atom stereocenters. The molecule has 0 atom stereocenters. The fourth-order valence-corrected chi connectivity index (χ4v) is 3.57. The van der Waals surface area contributed by atoms with Gasteiger partial charge in [-0.3, -0.25) is 9.36 Å². The Kier molecular flexibility index (Phi) is 4.19. The number of nitrogens with zero attached hydrogens (tertiary/aromatic N) is 3. The summed E-state index contributed by atoms with van der Waals surface area (Å²) in [5, 5.41) is 0. The highest BCUT2D eigenvalue weighted by molar-refractivity contribution is 5.49. The lowest BCUT2D eigenvalue weighted by Crippen LogP contribution is -2.17. The lowest BCUT2D eigenvalue weighted by Gasteiger charge is -2.10. The Balaban J connectivity index is 1.40. The van der Waals surface area contributed by atoms with Crippen molar-refractivity contribution in [2.24, 2.45) is 0 Å². The van der Waals surface area contributed by atoms with E-state index in [-0.39, 0.29) is 18.0 Å². The summed E-state index contributed by atoms with van der Waals surface area (Å²) in [7, 11) is 0. The Hall–Kier alpha value is -3.41. The number of aryl methyl sites for hydroxylation is 1. The molecule has 6 heteroatoms. The van der Waals surface area contributed by atoms with E-state index in [1.807, 2.05) is 22.7 Å². The summed E-state index contributed by atoms with van der Waals surface area (Å²) in [5.74, 6) is 0.774. The molecule has 29 heavy (non-hydrogen) atoms. The monoisotopic (exact) mass is 389 g/mol. The minimum absolute atomic E-state index is 0.179. The highest BCUT2D eigenvalue weighted by Gasteiger charge is 2.28. The van der Waals surface area contributed by atoms with Gasteiger partial charge in [0.15, 0.2) is 0 Å². The van der Waals surface area contributed by atoms with Gasteiger partial charge in [0.25, 0.3) is 5.56 Å². The zero-order valence-electron chi connectivity index (χ0n) is 16.0. The number of imidazole rings is 1. The number of hydrogen-bond donors (Lipinski definition) is 0. The van der Waals surface area contributed by atoms with Crippen molar-refractivity contribution in [3.63, 3.8) is 0 Å². The SMILES string of the molecule is Cc1c(C2CC2)nc2ccc(-n3ccc(OCc4ccc(F)cc4)cc3=O)cn12. The van der Waals surface area contributed by atoms with Gasteiger partial charge >= 0.3 is 0 Å². The van der Waals surface area contributed by atoms with Gasteiger partial charge in [0.05, 0.1) is 11.4 Å². The normalized spacial score (nSPS) is 13.7. The van der Waals surface area contributed by atoms with Crippen molar-refractivity contribution in [1.82, 2.24) is 14.0 Å². The van der Waals surface area contributed by atoms with E-state index in [0.717, 1.165) is 22.6 Å². The van der Waals surface area contributed by atoms with Crippen molar-refractivity contribution in [3.05, 3.63) is 94.0 Å². The fourth-order valence-electron chi connectivity index (χ4n) is 3.57. The van der Waals surface area contributed by atoms with Crippen LogP contribution in [0.15, 0.2) is 65.7 Å². The van der Waals surface area contributed by atoms with Crippen LogP contribution in [-0.2, 0) is 6.61 Å². The number of hydrogen-bond acceptors (Lipinski definition) is 3. The minimum Gasteiger partial charge on any atom is -0.489 e. The van der Waals surface area contributed by atoms with Gasteiger partial charge in [0, 0.05) is 30.1 Å². The van der Waals surface area contributed by atoms with Gasteiger partial charge in [-0.05, 0) is 55.7 Å². The Morgan fingerprint density at radius 1 is 1.14 bits per heavy atom. The van der Waals surface area contributed by atoms with Crippen LogP contribution in [0, 0.1) is 12.7 Å². The predicted molar refractivity (Wildman–Crippen MR) is 108 cm³/mol. The zero-order chi connectivity index (χ0) is 20.0. The smallest absolute Gasteiger partial charge is 0.258 e. The summed E-state index contributed by atoms with van der Waals surface area (Å²) in [6, 6.07) is 13.2. The van der Waals surface area contributed by atoms with Crippen LogP contribution >= 0.6 is 0 Å². The number of aromatic nitrogens is 3. The Morgan fingerprint density at radius 3 is 2.66 bits per heavy atom. The zero-order valence-corrected chi connectivity index (χ0v) is 16.0. The molecule has 1 fully saturated rings. The van der Waals surface area contributed by atoms with Gasteiger partial charge < -0.3 is 9.14 Å². The topological polar surface area (TPSA) is 48.5 Å². The third-order valence-electron chi connectivity index (χ3n) is 5.33. The van der Waals surface area contributed by atoms with Crippen molar-refractivity contribution in [2.45, 2.75) is 32.3 Å². The second-order valence-corrected chi connectivity index (χ2v) is 7.46. The van der Waals surface area contributed by atoms with Gasteiger partial charge in [-0.25, -0.2) is 9.37 Å². The predicted octanol–water partition coefficient (Wildman–Crippen LogP) is 4.39. The Bertz CT molecular complexity index is 1250.